The Labute approximate surface area is 114 Å². The standard InChI is InChI=1S/C15H23FN2O/c1-4-19-14-8-13(15(14,2)3)18-9-10-5-6-11(17)7-12(10)16/h5-7,13-14,18H,4,8-9,17H2,1-3H3. The van der Waals surface area contributed by atoms with Gasteiger partial charge < -0.3 is 15.8 Å². The number of anilines is 1. The Balaban J connectivity index is 1.90. The minimum atomic E-state index is -0.244. The van der Waals surface area contributed by atoms with Crippen LogP contribution < -0.4 is 11.1 Å². The number of nitrogen functional groups attached to an aromatic ring is 1. The first-order valence-electron chi connectivity index (χ1n) is 6.84. The number of rotatable bonds is 5. The molecule has 0 saturated heterocycles. The highest BCUT2D eigenvalue weighted by molar-refractivity contribution is 5.40. The topological polar surface area (TPSA) is 47.3 Å². The number of nitrogens with two attached hydrogens (primary N) is 1. The van der Waals surface area contributed by atoms with Crippen LogP contribution in [0, 0.1) is 11.2 Å². The van der Waals surface area contributed by atoms with Crippen LogP contribution >= 0.6 is 0 Å². The lowest BCUT2D eigenvalue weighted by atomic mass is 9.64. The van der Waals surface area contributed by atoms with Gasteiger partial charge >= 0.3 is 0 Å². The van der Waals surface area contributed by atoms with Crippen LogP contribution in [0.25, 0.3) is 0 Å². The summed E-state index contributed by atoms with van der Waals surface area (Å²) in [6, 6.07) is 5.20. The number of hydrogen-bond acceptors (Lipinski definition) is 3. The highest BCUT2D eigenvalue weighted by Gasteiger charge is 2.48. The van der Waals surface area contributed by atoms with Gasteiger partial charge in [0.2, 0.25) is 0 Å². The van der Waals surface area contributed by atoms with Gasteiger partial charge in [0, 0.05) is 35.9 Å². The van der Waals surface area contributed by atoms with E-state index >= 15 is 0 Å². The molecule has 0 heterocycles. The Morgan fingerprint density at radius 2 is 2.21 bits per heavy atom. The van der Waals surface area contributed by atoms with E-state index in [-0.39, 0.29) is 11.2 Å². The Morgan fingerprint density at radius 1 is 1.47 bits per heavy atom. The number of benzene rings is 1. The third-order valence-corrected chi connectivity index (χ3v) is 4.16. The Hall–Kier alpha value is -1.13. The average molecular weight is 266 g/mol. The number of hydrogen-bond donors (Lipinski definition) is 2. The summed E-state index contributed by atoms with van der Waals surface area (Å²) in [6.07, 6.45) is 1.28. The van der Waals surface area contributed by atoms with Gasteiger partial charge in [-0.25, -0.2) is 4.39 Å². The van der Waals surface area contributed by atoms with E-state index in [0.717, 1.165) is 13.0 Å². The van der Waals surface area contributed by atoms with Crippen molar-refractivity contribution in [2.75, 3.05) is 12.3 Å². The van der Waals surface area contributed by atoms with Gasteiger partial charge in [0.15, 0.2) is 0 Å². The molecule has 1 aromatic rings. The largest absolute Gasteiger partial charge is 0.399 e. The normalized spacial score (nSPS) is 25.1. The van der Waals surface area contributed by atoms with E-state index in [4.69, 9.17) is 10.5 Å². The van der Waals surface area contributed by atoms with E-state index in [1.165, 1.54) is 6.07 Å². The first-order valence-corrected chi connectivity index (χ1v) is 6.84. The molecular formula is C15H23FN2O. The lowest BCUT2D eigenvalue weighted by Gasteiger charge is -2.52. The van der Waals surface area contributed by atoms with Crippen LogP contribution in [0.4, 0.5) is 10.1 Å². The Kier molecular flexibility index (Phi) is 4.11. The zero-order chi connectivity index (χ0) is 14.0. The molecule has 4 heteroatoms. The molecule has 1 fully saturated rings. The molecule has 2 unspecified atom stereocenters. The molecule has 3 N–H and O–H groups in total. The maximum Gasteiger partial charge on any atom is 0.129 e. The minimum absolute atomic E-state index is 0.0975. The number of halogens is 1. The van der Waals surface area contributed by atoms with Crippen molar-refractivity contribution in [2.45, 2.75) is 45.9 Å². The monoisotopic (exact) mass is 266 g/mol. The molecule has 0 aromatic heterocycles. The summed E-state index contributed by atoms with van der Waals surface area (Å²) in [5, 5.41) is 3.41. The van der Waals surface area contributed by atoms with Crippen LogP contribution in [0.5, 0.6) is 0 Å². The van der Waals surface area contributed by atoms with Crippen molar-refractivity contribution >= 4 is 5.69 Å². The fourth-order valence-corrected chi connectivity index (χ4v) is 2.66. The summed E-state index contributed by atoms with van der Waals surface area (Å²) in [6.45, 7) is 7.66. The summed E-state index contributed by atoms with van der Waals surface area (Å²) in [5.41, 5.74) is 6.75. The van der Waals surface area contributed by atoms with E-state index < -0.39 is 0 Å². The fraction of sp³-hybridized carbons (Fsp3) is 0.600. The molecule has 0 spiro atoms. The molecular weight excluding hydrogens is 243 g/mol. The smallest absolute Gasteiger partial charge is 0.129 e. The average Bonchev–Trinajstić information content (AvgIpc) is 2.35. The highest BCUT2D eigenvalue weighted by Crippen LogP contribution is 2.42. The third kappa shape index (κ3) is 2.90. The molecule has 106 valence electrons. The Morgan fingerprint density at radius 3 is 2.79 bits per heavy atom. The molecule has 0 amide bonds. The van der Waals surface area contributed by atoms with Crippen LogP contribution in [0.1, 0.15) is 32.8 Å². The van der Waals surface area contributed by atoms with E-state index in [1.807, 2.05) is 6.92 Å². The third-order valence-electron chi connectivity index (χ3n) is 4.16. The predicted molar refractivity (Wildman–Crippen MR) is 75.3 cm³/mol. The van der Waals surface area contributed by atoms with Crippen molar-refractivity contribution in [2.24, 2.45) is 5.41 Å². The van der Waals surface area contributed by atoms with Gasteiger partial charge in [-0.2, -0.15) is 0 Å². The van der Waals surface area contributed by atoms with Gasteiger partial charge in [0.1, 0.15) is 5.82 Å². The zero-order valence-electron chi connectivity index (χ0n) is 11.9. The molecule has 2 atom stereocenters. The lowest BCUT2D eigenvalue weighted by Crippen LogP contribution is -2.60. The predicted octanol–water partition coefficient (Wildman–Crippen LogP) is 2.70. The summed E-state index contributed by atoms with van der Waals surface area (Å²) >= 11 is 0. The zero-order valence-corrected chi connectivity index (χ0v) is 11.9. The van der Waals surface area contributed by atoms with Crippen LogP contribution in [0.2, 0.25) is 0 Å². The van der Waals surface area contributed by atoms with Gasteiger partial charge in [-0.05, 0) is 25.5 Å². The van der Waals surface area contributed by atoms with Crippen LogP contribution in [-0.2, 0) is 11.3 Å². The summed E-state index contributed by atoms with van der Waals surface area (Å²) < 4.78 is 19.4. The minimum Gasteiger partial charge on any atom is -0.399 e. The Bertz CT molecular complexity index is 448. The van der Waals surface area contributed by atoms with Crippen molar-refractivity contribution in [3.05, 3.63) is 29.6 Å². The summed E-state index contributed by atoms with van der Waals surface area (Å²) in [4.78, 5) is 0. The van der Waals surface area contributed by atoms with E-state index in [2.05, 4.69) is 19.2 Å². The number of ether oxygens (including phenoxy) is 1. The first-order chi connectivity index (χ1) is 8.95. The van der Waals surface area contributed by atoms with Crippen molar-refractivity contribution in [1.82, 2.24) is 5.32 Å². The second-order valence-corrected chi connectivity index (χ2v) is 5.79. The number of nitrogens with one attached hydrogen (secondary N) is 1. The van der Waals surface area contributed by atoms with Gasteiger partial charge in [0.05, 0.1) is 6.10 Å². The molecule has 1 aromatic carbocycles. The molecule has 3 nitrogen and oxygen atoms in total. The first kappa shape index (κ1) is 14.3. The van der Waals surface area contributed by atoms with Crippen molar-refractivity contribution in [3.63, 3.8) is 0 Å². The fourth-order valence-electron chi connectivity index (χ4n) is 2.66. The van der Waals surface area contributed by atoms with Gasteiger partial charge in [-0.1, -0.05) is 19.9 Å². The van der Waals surface area contributed by atoms with E-state index in [0.29, 0.717) is 29.9 Å². The van der Waals surface area contributed by atoms with Crippen LogP contribution in [0.3, 0.4) is 0 Å². The SMILES string of the molecule is CCOC1CC(NCc2ccc(N)cc2F)C1(C)C. The lowest BCUT2D eigenvalue weighted by molar-refractivity contribution is -0.114. The van der Waals surface area contributed by atoms with Crippen molar-refractivity contribution < 1.29 is 9.13 Å². The molecule has 19 heavy (non-hydrogen) atoms. The summed E-state index contributed by atoms with van der Waals surface area (Å²) in [7, 11) is 0. The van der Waals surface area contributed by atoms with E-state index in [9.17, 15) is 4.39 Å². The molecule has 2 rings (SSSR count). The molecule has 0 bridgehead atoms. The molecule has 0 radical (unpaired) electrons. The molecule has 1 aliphatic rings. The quantitative estimate of drug-likeness (QED) is 0.806. The second kappa shape index (κ2) is 5.47. The molecule has 1 saturated carbocycles. The van der Waals surface area contributed by atoms with Crippen molar-refractivity contribution in [3.8, 4) is 0 Å². The van der Waals surface area contributed by atoms with Crippen LogP contribution in [-0.4, -0.2) is 18.8 Å². The maximum atomic E-state index is 13.7. The van der Waals surface area contributed by atoms with Crippen LogP contribution in [0.15, 0.2) is 18.2 Å². The van der Waals surface area contributed by atoms with Gasteiger partial charge in [-0.3, -0.25) is 0 Å². The molecule has 1 aliphatic carbocycles. The van der Waals surface area contributed by atoms with Crippen molar-refractivity contribution in [1.29, 1.82) is 0 Å². The van der Waals surface area contributed by atoms with Gasteiger partial charge in [-0.15, -0.1) is 0 Å². The maximum absolute atomic E-state index is 13.7. The summed E-state index contributed by atoms with van der Waals surface area (Å²) in [5.74, 6) is -0.244. The highest BCUT2D eigenvalue weighted by atomic mass is 19.1. The van der Waals surface area contributed by atoms with Gasteiger partial charge in [0.25, 0.3) is 0 Å². The molecule has 0 aliphatic heterocycles. The second-order valence-electron chi connectivity index (χ2n) is 5.79. The van der Waals surface area contributed by atoms with E-state index in [1.54, 1.807) is 12.1 Å².